The maximum Gasteiger partial charge on any atom is 0.307 e. The molecule has 2 nitrogen and oxygen atoms in total. The van der Waals surface area contributed by atoms with E-state index in [-0.39, 0.29) is 5.92 Å². The Morgan fingerprint density at radius 3 is 2.79 bits per heavy atom. The van der Waals surface area contributed by atoms with Gasteiger partial charge in [-0.25, -0.2) is 0 Å². The van der Waals surface area contributed by atoms with Crippen LogP contribution in [0.1, 0.15) is 32.6 Å². The highest BCUT2D eigenvalue weighted by Crippen LogP contribution is 2.12. The zero-order valence-corrected chi connectivity index (χ0v) is 9.68. The summed E-state index contributed by atoms with van der Waals surface area (Å²) >= 11 is 1.74. The number of hydrogen-bond donors (Lipinski definition) is 1. The van der Waals surface area contributed by atoms with E-state index in [1.54, 1.807) is 18.7 Å². The molecule has 0 radical (unpaired) electrons. The standard InChI is InChI=1S/C11H20O2S/c1-3-4-5-6-7-8-14-9-10(2)11(12)13/h3,10H,1,4-9H2,2H3,(H,12,13). The van der Waals surface area contributed by atoms with Crippen molar-refractivity contribution in [2.45, 2.75) is 32.6 Å². The molecule has 0 amide bonds. The van der Waals surface area contributed by atoms with Gasteiger partial charge in [-0.15, -0.1) is 6.58 Å². The summed E-state index contributed by atoms with van der Waals surface area (Å²) in [5.74, 6) is 0.906. The summed E-state index contributed by atoms with van der Waals surface area (Å²) in [4.78, 5) is 10.5. The van der Waals surface area contributed by atoms with Gasteiger partial charge in [-0.1, -0.05) is 19.4 Å². The lowest BCUT2D eigenvalue weighted by molar-refractivity contribution is -0.140. The van der Waals surface area contributed by atoms with Crippen molar-refractivity contribution in [2.75, 3.05) is 11.5 Å². The lowest BCUT2D eigenvalue weighted by Crippen LogP contribution is -2.11. The molecule has 0 aliphatic carbocycles. The minimum atomic E-state index is -0.691. The number of rotatable bonds is 9. The first kappa shape index (κ1) is 13.6. The third kappa shape index (κ3) is 8.17. The number of carbonyl (C=O) groups is 1. The number of aliphatic carboxylic acids is 1. The Labute approximate surface area is 90.8 Å². The predicted octanol–water partition coefficient (Wildman–Crippen LogP) is 3.19. The van der Waals surface area contributed by atoms with Crippen LogP contribution in [0.3, 0.4) is 0 Å². The molecule has 0 rings (SSSR count). The van der Waals surface area contributed by atoms with E-state index in [9.17, 15) is 4.79 Å². The molecular formula is C11H20O2S. The molecule has 14 heavy (non-hydrogen) atoms. The molecule has 0 aliphatic heterocycles. The van der Waals surface area contributed by atoms with E-state index in [1.165, 1.54) is 19.3 Å². The van der Waals surface area contributed by atoms with Crippen molar-refractivity contribution in [2.24, 2.45) is 5.92 Å². The van der Waals surface area contributed by atoms with Crippen LogP contribution < -0.4 is 0 Å². The van der Waals surface area contributed by atoms with Crippen molar-refractivity contribution in [3.05, 3.63) is 12.7 Å². The van der Waals surface area contributed by atoms with Gasteiger partial charge in [0.15, 0.2) is 0 Å². The van der Waals surface area contributed by atoms with Gasteiger partial charge in [-0.05, 0) is 25.0 Å². The minimum Gasteiger partial charge on any atom is -0.481 e. The minimum absolute atomic E-state index is 0.215. The number of thioether (sulfide) groups is 1. The van der Waals surface area contributed by atoms with Crippen LogP contribution in [-0.4, -0.2) is 22.6 Å². The summed E-state index contributed by atoms with van der Waals surface area (Å²) in [5.41, 5.74) is 0. The zero-order chi connectivity index (χ0) is 10.8. The lowest BCUT2D eigenvalue weighted by Gasteiger charge is -2.05. The zero-order valence-electron chi connectivity index (χ0n) is 8.87. The van der Waals surface area contributed by atoms with Crippen LogP contribution in [0.25, 0.3) is 0 Å². The number of carboxylic acid groups (broad SMARTS) is 1. The van der Waals surface area contributed by atoms with Crippen LogP contribution >= 0.6 is 11.8 Å². The lowest BCUT2D eigenvalue weighted by atomic mass is 10.2. The Morgan fingerprint density at radius 1 is 1.50 bits per heavy atom. The van der Waals surface area contributed by atoms with Gasteiger partial charge in [0.05, 0.1) is 5.92 Å². The van der Waals surface area contributed by atoms with Crippen LogP contribution in [0.15, 0.2) is 12.7 Å². The molecule has 0 heterocycles. The predicted molar refractivity (Wildman–Crippen MR) is 62.8 cm³/mol. The number of unbranched alkanes of at least 4 members (excludes halogenated alkanes) is 3. The summed E-state index contributed by atoms with van der Waals surface area (Å²) in [7, 11) is 0. The maximum atomic E-state index is 10.5. The van der Waals surface area contributed by atoms with Gasteiger partial charge in [-0.2, -0.15) is 11.8 Å². The second-order valence-electron chi connectivity index (χ2n) is 3.45. The topological polar surface area (TPSA) is 37.3 Å². The average Bonchev–Trinajstić information content (AvgIpc) is 2.16. The highest BCUT2D eigenvalue weighted by Gasteiger charge is 2.09. The maximum absolute atomic E-state index is 10.5. The summed E-state index contributed by atoms with van der Waals surface area (Å²) in [5, 5.41) is 8.63. The van der Waals surface area contributed by atoms with E-state index in [0.29, 0.717) is 0 Å². The Hall–Kier alpha value is -0.440. The fraction of sp³-hybridized carbons (Fsp3) is 0.727. The molecule has 82 valence electrons. The molecule has 0 saturated heterocycles. The highest BCUT2D eigenvalue weighted by molar-refractivity contribution is 7.99. The smallest absolute Gasteiger partial charge is 0.307 e. The quantitative estimate of drug-likeness (QED) is 0.475. The summed E-state index contributed by atoms with van der Waals surface area (Å²) < 4.78 is 0. The van der Waals surface area contributed by atoms with Crippen molar-refractivity contribution in [3.8, 4) is 0 Å². The molecule has 3 heteroatoms. The van der Waals surface area contributed by atoms with Gasteiger partial charge in [0, 0.05) is 5.75 Å². The van der Waals surface area contributed by atoms with Gasteiger partial charge in [0.25, 0.3) is 0 Å². The van der Waals surface area contributed by atoms with Gasteiger partial charge < -0.3 is 5.11 Å². The van der Waals surface area contributed by atoms with Crippen molar-refractivity contribution < 1.29 is 9.90 Å². The molecule has 1 unspecified atom stereocenters. The largest absolute Gasteiger partial charge is 0.481 e. The van der Waals surface area contributed by atoms with E-state index in [4.69, 9.17) is 5.11 Å². The normalized spacial score (nSPS) is 12.4. The van der Waals surface area contributed by atoms with Gasteiger partial charge >= 0.3 is 5.97 Å². The van der Waals surface area contributed by atoms with E-state index < -0.39 is 5.97 Å². The Kier molecular flexibility index (Phi) is 8.84. The highest BCUT2D eigenvalue weighted by atomic mass is 32.2. The fourth-order valence-corrected chi connectivity index (χ4v) is 2.07. The van der Waals surface area contributed by atoms with E-state index in [1.807, 2.05) is 6.08 Å². The number of hydrogen-bond acceptors (Lipinski definition) is 2. The van der Waals surface area contributed by atoms with Crippen LogP contribution in [0.4, 0.5) is 0 Å². The van der Waals surface area contributed by atoms with Crippen LogP contribution in [-0.2, 0) is 4.79 Å². The number of carboxylic acids is 1. The van der Waals surface area contributed by atoms with Crippen molar-refractivity contribution in [3.63, 3.8) is 0 Å². The molecule has 0 aromatic rings. The number of allylic oxidation sites excluding steroid dienone is 1. The van der Waals surface area contributed by atoms with E-state index in [2.05, 4.69) is 6.58 Å². The Bertz CT molecular complexity index is 169. The third-order valence-corrected chi connectivity index (χ3v) is 3.30. The molecule has 0 bridgehead atoms. The van der Waals surface area contributed by atoms with E-state index in [0.717, 1.165) is 17.9 Å². The van der Waals surface area contributed by atoms with Gasteiger partial charge in [-0.3, -0.25) is 4.79 Å². The average molecular weight is 216 g/mol. The van der Waals surface area contributed by atoms with Gasteiger partial charge in [0.2, 0.25) is 0 Å². The molecule has 0 fully saturated rings. The first-order valence-electron chi connectivity index (χ1n) is 5.10. The third-order valence-electron chi connectivity index (χ3n) is 1.99. The van der Waals surface area contributed by atoms with Gasteiger partial charge in [0.1, 0.15) is 0 Å². The second kappa shape index (κ2) is 9.13. The Balaban J connectivity index is 3.13. The molecule has 0 spiro atoms. The first-order chi connectivity index (χ1) is 6.68. The van der Waals surface area contributed by atoms with E-state index >= 15 is 0 Å². The van der Waals surface area contributed by atoms with Crippen molar-refractivity contribution >= 4 is 17.7 Å². The summed E-state index contributed by atoms with van der Waals surface area (Å²) in [6.07, 6.45) is 6.65. The monoisotopic (exact) mass is 216 g/mol. The summed E-state index contributed by atoms with van der Waals surface area (Å²) in [6, 6.07) is 0. The molecule has 0 aromatic heterocycles. The molecule has 0 saturated carbocycles. The fourth-order valence-electron chi connectivity index (χ4n) is 1.00. The Morgan fingerprint density at radius 2 is 2.21 bits per heavy atom. The molecule has 1 atom stereocenters. The summed E-state index contributed by atoms with van der Waals surface area (Å²) in [6.45, 7) is 5.42. The molecular weight excluding hydrogens is 196 g/mol. The van der Waals surface area contributed by atoms with Crippen LogP contribution in [0, 0.1) is 5.92 Å². The molecule has 0 aliphatic rings. The van der Waals surface area contributed by atoms with Crippen LogP contribution in [0.2, 0.25) is 0 Å². The molecule has 0 aromatic carbocycles. The van der Waals surface area contributed by atoms with Crippen LogP contribution in [0.5, 0.6) is 0 Å². The molecule has 1 N–H and O–H groups in total. The SMILES string of the molecule is C=CCCCCCSCC(C)C(=O)O. The van der Waals surface area contributed by atoms with Crippen molar-refractivity contribution in [1.29, 1.82) is 0 Å². The second-order valence-corrected chi connectivity index (χ2v) is 4.60. The van der Waals surface area contributed by atoms with Crippen molar-refractivity contribution in [1.82, 2.24) is 0 Å². The first-order valence-corrected chi connectivity index (χ1v) is 6.25.